The van der Waals surface area contributed by atoms with Crippen molar-refractivity contribution in [1.82, 2.24) is 10.2 Å². The molecule has 0 spiro atoms. The number of piperidine rings is 1. The first-order valence-corrected chi connectivity index (χ1v) is 6.99. The zero-order valence-electron chi connectivity index (χ0n) is 11.8. The molecular weight excluding hydrogens is 262 g/mol. The number of nitrogens with two attached hydrogens (primary N) is 1. The highest BCUT2D eigenvalue weighted by molar-refractivity contribution is 5.84. The van der Waals surface area contributed by atoms with E-state index in [2.05, 4.69) is 5.32 Å². The van der Waals surface area contributed by atoms with E-state index in [1.807, 2.05) is 6.92 Å². The third kappa shape index (κ3) is 4.71. The molecule has 0 radical (unpaired) electrons. The van der Waals surface area contributed by atoms with Crippen molar-refractivity contribution in [3.8, 4) is 0 Å². The van der Waals surface area contributed by atoms with E-state index in [1.165, 1.54) is 4.90 Å². The van der Waals surface area contributed by atoms with Crippen LogP contribution in [0.5, 0.6) is 0 Å². The standard InChI is InChI=1S/C13H23N3O4/c1-9-5-4-8-16(11(9)12(18)19)10(17)6-2-3-7-15-13(14)20/h9,11H,2-8H2,1H3,(H,18,19)(H3,14,15,20). The molecule has 20 heavy (non-hydrogen) atoms. The van der Waals surface area contributed by atoms with Crippen LogP contribution in [0.4, 0.5) is 4.79 Å². The van der Waals surface area contributed by atoms with E-state index in [0.717, 1.165) is 12.8 Å². The molecule has 2 atom stereocenters. The van der Waals surface area contributed by atoms with Crippen molar-refractivity contribution >= 4 is 17.9 Å². The molecule has 1 aliphatic heterocycles. The largest absolute Gasteiger partial charge is 0.480 e. The van der Waals surface area contributed by atoms with Crippen molar-refractivity contribution in [3.63, 3.8) is 0 Å². The normalized spacial score (nSPS) is 22.4. The summed E-state index contributed by atoms with van der Waals surface area (Å²) in [5.41, 5.74) is 4.93. The van der Waals surface area contributed by atoms with Gasteiger partial charge >= 0.3 is 12.0 Å². The first-order valence-electron chi connectivity index (χ1n) is 6.99. The van der Waals surface area contributed by atoms with E-state index >= 15 is 0 Å². The molecule has 1 rings (SSSR count). The number of rotatable bonds is 6. The average Bonchev–Trinajstić information content (AvgIpc) is 2.36. The summed E-state index contributed by atoms with van der Waals surface area (Å²) in [6, 6.07) is -1.29. The van der Waals surface area contributed by atoms with Gasteiger partial charge in [0.25, 0.3) is 0 Å². The molecule has 0 saturated carbocycles. The number of unbranched alkanes of at least 4 members (excludes halogenated alkanes) is 1. The third-order valence-electron chi connectivity index (χ3n) is 3.62. The van der Waals surface area contributed by atoms with Crippen LogP contribution in [0.3, 0.4) is 0 Å². The second-order valence-electron chi connectivity index (χ2n) is 5.24. The zero-order valence-corrected chi connectivity index (χ0v) is 11.8. The van der Waals surface area contributed by atoms with Crippen LogP contribution in [0, 0.1) is 5.92 Å². The molecule has 7 nitrogen and oxygen atoms in total. The van der Waals surface area contributed by atoms with Crippen LogP contribution in [-0.2, 0) is 9.59 Å². The number of carbonyl (C=O) groups excluding carboxylic acids is 2. The Morgan fingerprint density at radius 3 is 2.65 bits per heavy atom. The Kier molecular flexibility index (Phi) is 6.27. The number of carbonyl (C=O) groups is 3. The number of hydrogen-bond donors (Lipinski definition) is 3. The zero-order chi connectivity index (χ0) is 15.1. The number of nitrogens with one attached hydrogen (secondary N) is 1. The lowest BCUT2D eigenvalue weighted by molar-refractivity contribution is -0.154. The van der Waals surface area contributed by atoms with E-state index in [4.69, 9.17) is 5.73 Å². The monoisotopic (exact) mass is 285 g/mol. The van der Waals surface area contributed by atoms with Crippen LogP contribution in [0.25, 0.3) is 0 Å². The minimum atomic E-state index is -0.930. The molecular formula is C13H23N3O4. The Hall–Kier alpha value is -1.79. The summed E-state index contributed by atoms with van der Waals surface area (Å²) in [6.07, 6.45) is 3.24. The van der Waals surface area contributed by atoms with Crippen LogP contribution in [-0.4, -0.2) is 47.0 Å². The predicted molar refractivity (Wildman–Crippen MR) is 73.0 cm³/mol. The molecule has 0 bridgehead atoms. The maximum absolute atomic E-state index is 12.1. The van der Waals surface area contributed by atoms with E-state index in [9.17, 15) is 19.5 Å². The molecule has 1 aliphatic rings. The van der Waals surface area contributed by atoms with E-state index in [-0.39, 0.29) is 11.8 Å². The van der Waals surface area contributed by atoms with Crippen molar-refractivity contribution in [3.05, 3.63) is 0 Å². The van der Waals surface area contributed by atoms with Gasteiger partial charge in [-0.2, -0.15) is 0 Å². The van der Waals surface area contributed by atoms with Crippen LogP contribution < -0.4 is 11.1 Å². The van der Waals surface area contributed by atoms with Crippen LogP contribution in [0.2, 0.25) is 0 Å². The van der Waals surface area contributed by atoms with E-state index in [0.29, 0.717) is 32.4 Å². The van der Waals surface area contributed by atoms with Gasteiger partial charge in [-0.15, -0.1) is 0 Å². The molecule has 2 unspecified atom stereocenters. The van der Waals surface area contributed by atoms with Gasteiger partial charge in [-0.05, 0) is 31.6 Å². The summed E-state index contributed by atoms with van der Waals surface area (Å²) in [5, 5.41) is 11.7. The minimum Gasteiger partial charge on any atom is -0.480 e. The fourth-order valence-electron chi connectivity index (χ4n) is 2.60. The van der Waals surface area contributed by atoms with Gasteiger partial charge in [0.1, 0.15) is 6.04 Å². The number of amides is 3. The van der Waals surface area contributed by atoms with Gasteiger partial charge in [0.15, 0.2) is 0 Å². The van der Waals surface area contributed by atoms with E-state index in [1.54, 1.807) is 0 Å². The van der Waals surface area contributed by atoms with Crippen molar-refractivity contribution in [1.29, 1.82) is 0 Å². The minimum absolute atomic E-state index is 0.0123. The molecule has 4 N–H and O–H groups in total. The Morgan fingerprint density at radius 1 is 1.35 bits per heavy atom. The quantitative estimate of drug-likeness (QED) is 0.618. The molecule has 7 heteroatoms. The number of aliphatic carboxylic acids is 1. The lowest BCUT2D eigenvalue weighted by Gasteiger charge is -2.37. The average molecular weight is 285 g/mol. The summed E-state index contributed by atoms with van der Waals surface area (Å²) in [6.45, 7) is 2.82. The Morgan fingerprint density at radius 2 is 2.05 bits per heavy atom. The van der Waals surface area contributed by atoms with Crippen molar-refractivity contribution in [2.45, 2.75) is 45.1 Å². The van der Waals surface area contributed by atoms with Gasteiger partial charge < -0.3 is 21.1 Å². The Balaban J connectivity index is 2.40. The van der Waals surface area contributed by atoms with E-state index < -0.39 is 18.0 Å². The second-order valence-corrected chi connectivity index (χ2v) is 5.24. The topological polar surface area (TPSA) is 113 Å². The molecule has 0 aliphatic carbocycles. The molecule has 0 aromatic heterocycles. The SMILES string of the molecule is CC1CCCN(C(=O)CCCCNC(N)=O)C1C(=O)O. The van der Waals surface area contributed by atoms with Gasteiger partial charge in [-0.25, -0.2) is 9.59 Å². The van der Waals surface area contributed by atoms with Crippen LogP contribution in [0.1, 0.15) is 39.0 Å². The summed E-state index contributed by atoms with van der Waals surface area (Å²) in [7, 11) is 0. The number of primary amides is 1. The highest BCUT2D eigenvalue weighted by Gasteiger charge is 2.36. The summed E-state index contributed by atoms with van der Waals surface area (Å²) >= 11 is 0. The number of urea groups is 1. The van der Waals surface area contributed by atoms with Crippen molar-refractivity contribution in [2.75, 3.05) is 13.1 Å². The predicted octanol–water partition coefficient (Wildman–Crippen LogP) is 0.537. The summed E-state index contributed by atoms with van der Waals surface area (Å²) in [4.78, 5) is 35.3. The first-order chi connectivity index (χ1) is 9.43. The lowest BCUT2D eigenvalue weighted by Crippen LogP contribution is -2.51. The molecule has 1 fully saturated rings. The highest BCUT2D eigenvalue weighted by Crippen LogP contribution is 2.24. The van der Waals surface area contributed by atoms with Gasteiger partial charge in [-0.3, -0.25) is 4.79 Å². The molecule has 1 saturated heterocycles. The smallest absolute Gasteiger partial charge is 0.326 e. The van der Waals surface area contributed by atoms with Gasteiger partial charge in [0.2, 0.25) is 5.91 Å². The molecule has 0 aromatic carbocycles. The Bertz CT molecular complexity index is 373. The summed E-state index contributed by atoms with van der Waals surface area (Å²) in [5.74, 6) is -1.06. The molecule has 0 aromatic rings. The molecule has 114 valence electrons. The third-order valence-corrected chi connectivity index (χ3v) is 3.62. The molecule has 3 amide bonds. The first kappa shape index (κ1) is 16.3. The maximum atomic E-state index is 12.1. The number of carboxylic acids is 1. The highest BCUT2D eigenvalue weighted by atomic mass is 16.4. The number of nitrogens with zero attached hydrogens (tertiary/aromatic N) is 1. The van der Waals surface area contributed by atoms with Crippen LogP contribution >= 0.6 is 0 Å². The van der Waals surface area contributed by atoms with Gasteiger partial charge in [0, 0.05) is 19.5 Å². The van der Waals surface area contributed by atoms with Gasteiger partial charge in [0.05, 0.1) is 0 Å². The van der Waals surface area contributed by atoms with Gasteiger partial charge in [-0.1, -0.05) is 6.92 Å². The summed E-state index contributed by atoms with van der Waals surface area (Å²) < 4.78 is 0. The Labute approximate surface area is 118 Å². The fraction of sp³-hybridized carbons (Fsp3) is 0.769. The number of carboxylic acid groups (broad SMARTS) is 1. The second kappa shape index (κ2) is 7.72. The maximum Gasteiger partial charge on any atom is 0.326 e. The van der Waals surface area contributed by atoms with Crippen molar-refractivity contribution < 1.29 is 19.5 Å². The lowest BCUT2D eigenvalue weighted by atomic mass is 9.90. The number of likely N-dealkylation sites (tertiary alicyclic amines) is 1. The van der Waals surface area contributed by atoms with Crippen LogP contribution in [0.15, 0.2) is 0 Å². The molecule has 1 heterocycles. The fourth-order valence-corrected chi connectivity index (χ4v) is 2.60. The van der Waals surface area contributed by atoms with Crippen molar-refractivity contribution in [2.24, 2.45) is 11.7 Å². The number of hydrogen-bond acceptors (Lipinski definition) is 3.